The van der Waals surface area contributed by atoms with Gasteiger partial charge in [0, 0.05) is 11.6 Å². The van der Waals surface area contributed by atoms with Gasteiger partial charge in [-0.15, -0.1) is 0 Å². The zero-order valence-electron chi connectivity index (χ0n) is 16.7. The molecule has 0 spiro atoms. The normalized spacial score (nSPS) is 13.2. The average Bonchev–Trinajstić information content (AvgIpc) is 3.21. The van der Waals surface area contributed by atoms with Crippen molar-refractivity contribution in [2.45, 2.75) is 11.3 Å². The molecule has 0 saturated heterocycles. The standard InChI is InChI=1S/C24H17ClN2O4S/c25-20-8-9-23-19(14-20)10-11-27(23)32(30,31)21-3-1-2-16(12-21)4-6-18-7-5-17(15-26)13-22(18)24(28)29/h1-9,12-14H,10-11H2,(H,28,29)/b6-4-. The van der Waals surface area contributed by atoms with Crippen molar-refractivity contribution < 1.29 is 18.3 Å². The Morgan fingerprint density at radius 1 is 1.09 bits per heavy atom. The number of carbonyl (C=O) groups is 1. The van der Waals surface area contributed by atoms with Crippen LogP contribution in [-0.4, -0.2) is 26.0 Å². The number of rotatable bonds is 5. The van der Waals surface area contributed by atoms with E-state index >= 15 is 0 Å². The highest BCUT2D eigenvalue weighted by molar-refractivity contribution is 7.92. The number of fused-ring (bicyclic) bond motifs is 1. The van der Waals surface area contributed by atoms with E-state index in [0.29, 0.717) is 34.8 Å². The Morgan fingerprint density at radius 3 is 2.66 bits per heavy atom. The molecule has 1 aliphatic heterocycles. The summed E-state index contributed by atoms with van der Waals surface area (Å²) < 4.78 is 27.9. The minimum Gasteiger partial charge on any atom is -0.478 e. The Bertz CT molecular complexity index is 1410. The quantitative estimate of drug-likeness (QED) is 0.545. The Morgan fingerprint density at radius 2 is 1.91 bits per heavy atom. The van der Waals surface area contributed by atoms with Crippen LogP contribution in [0, 0.1) is 11.3 Å². The van der Waals surface area contributed by atoms with Crippen LogP contribution in [0.4, 0.5) is 5.69 Å². The van der Waals surface area contributed by atoms with Gasteiger partial charge in [0.1, 0.15) is 0 Å². The molecule has 3 aromatic carbocycles. The van der Waals surface area contributed by atoms with Crippen LogP contribution in [-0.2, 0) is 16.4 Å². The number of benzene rings is 3. The predicted molar refractivity (Wildman–Crippen MR) is 123 cm³/mol. The zero-order valence-corrected chi connectivity index (χ0v) is 18.3. The molecule has 0 saturated carbocycles. The van der Waals surface area contributed by atoms with Crippen LogP contribution in [0.25, 0.3) is 12.2 Å². The fourth-order valence-corrected chi connectivity index (χ4v) is 5.39. The first-order valence-electron chi connectivity index (χ1n) is 9.66. The molecule has 3 aromatic rings. The first kappa shape index (κ1) is 21.6. The van der Waals surface area contributed by atoms with Gasteiger partial charge in [-0.25, -0.2) is 13.2 Å². The van der Waals surface area contributed by atoms with E-state index in [1.54, 1.807) is 54.6 Å². The highest BCUT2D eigenvalue weighted by Gasteiger charge is 2.30. The lowest BCUT2D eigenvalue weighted by Crippen LogP contribution is -2.29. The number of anilines is 1. The van der Waals surface area contributed by atoms with Gasteiger partial charge >= 0.3 is 5.97 Å². The molecular formula is C24H17ClN2O4S. The third-order valence-electron chi connectivity index (χ3n) is 5.21. The summed E-state index contributed by atoms with van der Waals surface area (Å²) >= 11 is 6.03. The molecule has 1 heterocycles. The predicted octanol–water partition coefficient (Wildman–Crippen LogP) is 4.83. The van der Waals surface area contributed by atoms with Crippen molar-refractivity contribution in [1.82, 2.24) is 0 Å². The second kappa shape index (κ2) is 8.50. The van der Waals surface area contributed by atoms with Gasteiger partial charge < -0.3 is 5.11 Å². The van der Waals surface area contributed by atoms with Crippen LogP contribution in [0.1, 0.15) is 32.6 Å². The molecule has 160 valence electrons. The summed E-state index contributed by atoms with van der Waals surface area (Å²) in [6.45, 7) is 0.339. The van der Waals surface area contributed by atoms with Gasteiger partial charge in [-0.1, -0.05) is 42.0 Å². The Labute approximate surface area is 190 Å². The van der Waals surface area contributed by atoms with Gasteiger partial charge in [0.2, 0.25) is 0 Å². The SMILES string of the molecule is N#Cc1ccc(/C=C\c2cccc(S(=O)(=O)N3CCc4cc(Cl)ccc43)c2)c(C(=O)O)c1. The molecule has 6 nitrogen and oxygen atoms in total. The van der Waals surface area contributed by atoms with Gasteiger partial charge in [0.15, 0.2) is 0 Å². The van der Waals surface area contributed by atoms with Crippen LogP contribution in [0.2, 0.25) is 5.02 Å². The molecule has 4 rings (SSSR count). The van der Waals surface area contributed by atoms with Crippen molar-refractivity contribution in [1.29, 1.82) is 5.26 Å². The topological polar surface area (TPSA) is 98.5 Å². The number of sulfonamides is 1. The van der Waals surface area contributed by atoms with Gasteiger partial charge in [-0.05, 0) is 65.6 Å². The molecule has 1 N–H and O–H groups in total. The first-order chi connectivity index (χ1) is 15.3. The number of hydrogen-bond donors (Lipinski definition) is 1. The molecule has 0 amide bonds. The third kappa shape index (κ3) is 4.11. The maximum absolute atomic E-state index is 13.3. The van der Waals surface area contributed by atoms with Gasteiger partial charge in [0.05, 0.1) is 27.8 Å². The number of nitrogens with zero attached hydrogens (tertiary/aromatic N) is 2. The van der Waals surface area contributed by atoms with E-state index in [0.717, 1.165) is 5.56 Å². The lowest BCUT2D eigenvalue weighted by molar-refractivity contribution is 0.0696. The van der Waals surface area contributed by atoms with Crippen molar-refractivity contribution in [3.05, 3.63) is 93.5 Å². The third-order valence-corrected chi connectivity index (χ3v) is 7.25. The fourth-order valence-electron chi connectivity index (χ4n) is 3.64. The molecular weight excluding hydrogens is 448 g/mol. The van der Waals surface area contributed by atoms with E-state index in [-0.39, 0.29) is 16.0 Å². The van der Waals surface area contributed by atoms with Crippen molar-refractivity contribution in [2.24, 2.45) is 0 Å². The molecule has 0 atom stereocenters. The molecule has 32 heavy (non-hydrogen) atoms. The number of carboxylic acid groups (broad SMARTS) is 1. The lowest BCUT2D eigenvalue weighted by atomic mass is 10.0. The van der Waals surface area contributed by atoms with Crippen molar-refractivity contribution in [3.8, 4) is 6.07 Å². The number of halogens is 1. The van der Waals surface area contributed by atoms with Crippen molar-refractivity contribution in [2.75, 3.05) is 10.8 Å². The van der Waals surface area contributed by atoms with Crippen LogP contribution in [0.5, 0.6) is 0 Å². The van der Waals surface area contributed by atoms with Crippen LogP contribution in [0.15, 0.2) is 65.6 Å². The average molecular weight is 465 g/mol. The highest BCUT2D eigenvalue weighted by atomic mass is 35.5. The van der Waals surface area contributed by atoms with E-state index in [2.05, 4.69) is 0 Å². The molecule has 0 radical (unpaired) electrons. The highest BCUT2D eigenvalue weighted by Crippen LogP contribution is 2.34. The van der Waals surface area contributed by atoms with E-state index in [1.807, 2.05) is 6.07 Å². The Hall–Kier alpha value is -3.60. The van der Waals surface area contributed by atoms with E-state index in [9.17, 15) is 18.3 Å². The van der Waals surface area contributed by atoms with Crippen LogP contribution < -0.4 is 4.31 Å². The minimum atomic E-state index is -3.77. The summed E-state index contributed by atoms with van der Waals surface area (Å²) in [7, 11) is -3.77. The van der Waals surface area contributed by atoms with Gasteiger partial charge in [-0.3, -0.25) is 4.31 Å². The lowest BCUT2D eigenvalue weighted by Gasteiger charge is -2.20. The molecule has 0 bridgehead atoms. The summed E-state index contributed by atoms with van der Waals surface area (Å²) in [6.07, 6.45) is 3.82. The van der Waals surface area contributed by atoms with E-state index in [1.165, 1.54) is 22.5 Å². The van der Waals surface area contributed by atoms with Crippen molar-refractivity contribution in [3.63, 3.8) is 0 Å². The maximum Gasteiger partial charge on any atom is 0.336 e. The van der Waals surface area contributed by atoms with E-state index < -0.39 is 16.0 Å². The Kier molecular flexibility index (Phi) is 5.74. The minimum absolute atomic E-state index is 0.00332. The summed E-state index contributed by atoms with van der Waals surface area (Å²) in [5.74, 6) is -1.15. The summed E-state index contributed by atoms with van der Waals surface area (Å²) in [5.41, 5.74) is 2.77. The summed E-state index contributed by atoms with van der Waals surface area (Å²) in [4.78, 5) is 11.7. The maximum atomic E-state index is 13.3. The fraction of sp³-hybridized carbons (Fsp3) is 0.0833. The monoisotopic (exact) mass is 464 g/mol. The molecule has 0 aliphatic carbocycles. The molecule has 1 aliphatic rings. The number of aromatic carboxylic acids is 1. The van der Waals surface area contributed by atoms with Crippen LogP contribution in [0.3, 0.4) is 0 Å². The van der Waals surface area contributed by atoms with Crippen LogP contribution >= 0.6 is 11.6 Å². The second-order valence-electron chi connectivity index (χ2n) is 7.23. The summed E-state index contributed by atoms with van der Waals surface area (Å²) in [5, 5.41) is 19.0. The molecule has 0 unspecified atom stereocenters. The largest absolute Gasteiger partial charge is 0.478 e. The molecule has 0 fully saturated rings. The van der Waals surface area contributed by atoms with Crippen molar-refractivity contribution >= 4 is 45.4 Å². The number of nitriles is 1. The number of hydrogen-bond acceptors (Lipinski definition) is 4. The Balaban J connectivity index is 1.66. The molecule has 0 aromatic heterocycles. The number of carboxylic acids is 1. The zero-order chi connectivity index (χ0) is 22.9. The smallest absolute Gasteiger partial charge is 0.336 e. The molecule has 8 heteroatoms. The van der Waals surface area contributed by atoms with E-state index in [4.69, 9.17) is 16.9 Å². The van der Waals surface area contributed by atoms with Gasteiger partial charge in [-0.2, -0.15) is 5.26 Å². The second-order valence-corrected chi connectivity index (χ2v) is 9.52. The van der Waals surface area contributed by atoms with Gasteiger partial charge in [0.25, 0.3) is 10.0 Å². The first-order valence-corrected chi connectivity index (χ1v) is 11.5. The summed E-state index contributed by atoms with van der Waals surface area (Å²) in [6, 6.07) is 17.9.